The van der Waals surface area contributed by atoms with Crippen LogP contribution in [0.25, 0.3) is 21.9 Å². The molecule has 1 aliphatic heterocycles. The maximum Gasteiger partial charge on any atom is 0.226 e. The van der Waals surface area contributed by atoms with E-state index in [1.165, 1.54) is 0 Å². The van der Waals surface area contributed by atoms with Gasteiger partial charge < -0.3 is 31.0 Å². The quantitative estimate of drug-likeness (QED) is 0.314. The van der Waals surface area contributed by atoms with Crippen molar-refractivity contribution in [2.75, 3.05) is 11.5 Å². The molecule has 2 aliphatic rings. The molecule has 4 heterocycles. The Morgan fingerprint density at radius 1 is 1.12 bits per heavy atom. The molecule has 176 valence electrons. The lowest BCUT2D eigenvalue weighted by Gasteiger charge is -2.26. The SMILES string of the molecule is Nc1nc2cc(C[C@@H]3CC[C@]4(O)C(O)[C@H](n5ccc6c(N)nc(Cl)nc65)O[C@H]34)ccc2cc1Cl. The van der Waals surface area contributed by atoms with Gasteiger partial charge in [-0.05, 0) is 60.5 Å². The summed E-state index contributed by atoms with van der Waals surface area (Å²) < 4.78 is 7.96. The fraction of sp³-hybridized carbons (Fsp3) is 0.348. The largest absolute Gasteiger partial charge is 0.385 e. The Balaban J connectivity index is 1.30. The summed E-state index contributed by atoms with van der Waals surface area (Å²) in [5, 5.41) is 24.5. The van der Waals surface area contributed by atoms with Gasteiger partial charge in [-0.3, -0.25) is 0 Å². The standard InChI is InChI=1S/C23H22Cl2N6O3/c24-14-9-11-2-1-10(8-15(11)28-19(14)27)7-12-3-5-23(33)16(32)21(34-17(12)23)31-6-4-13-18(26)29-22(25)30-20(13)31/h1-2,4,6,8-9,12,16-17,21,32-33H,3,5,7H2,(H2,27,28)(H2,26,29,30)/t12-,16?,17+,21+,23-/m0/s1. The Hall–Kier alpha value is -2.69. The number of aliphatic hydroxyl groups is 2. The van der Waals surface area contributed by atoms with E-state index in [0.717, 1.165) is 16.5 Å². The molecular weight excluding hydrogens is 479 g/mol. The number of hydrogen-bond acceptors (Lipinski definition) is 8. The van der Waals surface area contributed by atoms with Crippen LogP contribution in [-0.4, -0.2) is 47.5 Å². The molecule has 6 N–H and O–H groups in total. The highest BCUT2D eigenvalue weighted by Gasteiger charge is 2.61. The maximum absolute atomic E-state index is 11.4. The Morgan fingerprint density at radius 3 is 2.76 bits per heavy atom. The lowest BCUT2D eigenvalue weighted by Crippen LogP contribution is -2.45. The molecule has 9 nitrogen and oxygen atoms in total. The summed E-state index contributed by atoms with van der Waals surface area (Å²) in [7, 11) is 0. The van der Waals surface area contributed by atoms with E-state index >= 15 is 0 Å². The van der Waals surface area contributed by atoms with Crippen LogP contribution in [0.2, 0.25) is 10.3 Å². The fourth-order valence-electron chi connectivity index (χ4n) is 5.43. The highest BCUT2D eigenvalue weighted by atomic mass is 35.5. The van der Waals surface area contributed by atoms with Crippen molar-refractivity contribution in [3.05, 3.63) is 52.4 Å². The normalized spacial score (nSPS) is 28.7. The molecule has 11 heteroatoms. The molecule has 0 spiro atoms. The van der Waals surface area contributed by atoms with Gasteiger partial charge in [0, 0.05) is 11.6 Å². The number of anilines is 2. The first-order valence-corrected chi connectivity index (χ1v) is 11.7. The van der Waals surface area contributed by atoms with Crippen LogP contribution in [0, 0.1) is 5.92 Å². The summed E-state index contributed by atoms with van der Waals surface area (Å²) in [4.78, 5) is 12.6. The monoisotopic (exact) mass is 500 g/mol. The highest BCUT2D eigenvalue weighted by Crippen LogP contribution is 2.50. The van der Waals surface area contributed by atoms with Crippen molar-refractivity contribution in [3.63, 3.8) is 0 Å². The predicted molar refractivity (Wildman–Crippen MR) is 129 cm³/mol. The molecule has 1 saturated heterocycles. The number of rotatable bonds is 3. The molecule has 34 heavy (non-hydrogen) atoms. The van der Waals surface area contributed by atoms with Crippen LogP contribution < -0.4 is 11.5 Å². The van der Waals surface area contributed by atoms with E-state index in [-0.39, 0.29) is 22.8 Å². The number of halogens is 2. The highest BCUT2D eigenvalue weighted by molar-refractivity contribution is 6.33. The third-order valence-electron chi connectivity index (χ3n) is 7.11. The number of nitrogens with zero attached hydrogens (tertiary/aromatic N) is 4. The fourth-order valence-corrected chi connectivity index (χ4v) is 5.76. The van der Waals surface area contributed by atoms with Gasteiger partial charge in [-0.1, -0.05) is 23.7 Å². The van der Waals surface area contributed by atoms with Crippen molar-refractivity contribution in [2.45, 2.75) is 43.3 Å². The van der Waals surface area contributed by atoms with E-state index in [1.54, 1.807) is 22.9 Å². The zero-order valence-electron chi connectivity index (χ0n) is 17.9. The number of ether oxygens (including phenoxy) is 1. The van der Waals surface area contributed by atoms with Crippen LogP contribution in [-0.2, 0) is 11.2 Å². The van der Waals surface area contributed by atoms with E-state index in [4.69, 9.17) is 39.4 Å². The van der Waals surface area contributed by atoms with E-state index in [1.807, 2.05) is 18.2 Å². The molecule has 0 radical (unpaired) electrons. The van der Waals surface area contributed by atoms with Gasteiger partial charge in [0.2, 0.25) is 5.28 Å². The van der Waals surface area contributed by atoms with Crippen LogP contribution in [0.5, 0.6) is 0 Å². The Morgan fingerprint density at radius 2 is 1.94 bits per heavy atom. The lowest BCUT2D eigenvalue weighted by atomic mass is 9.90. The summed E-state index contributed by atoms with van der Waals surface area (Å²) >= 11 is 12.1. The van der Waals surface area contributed by atoms with E-state index in [0.29, 0.717) is 35.3 Å². The minimum atomic E-state index is -1.37. The van der Waals surface area contributed by atoms with Gasteiger partial charge in [0.1, 0.15) is 29.0 Å². The van der Waals surface area contributed by atoms with Crippen LogP contribution in [0.1, 0.15) is 24.6 Å². The van der Waals surface area contributed by atoms with Crippen molar-refractivity contribution < 1.29 is 14.9 Å². The predicted octanol–water partition coefficient (Wildman–Crippen LogP) is 3.09. The van der Waals surface area contributed by atoms with Gasteiger partial charge >= 0.3 is 0 Å². The second-order valence-electron chi connectivity index (χ2n) is 9.11. The number of benzene rings is 1. The Bertz CT molecular complexity index is 1450. The van der Waals surface area contributed by atoms with Crippen molar-refractivity contribution in [3.8, 4) is 0 Å². The molecular formula is C23H22Cl2N6O3. The first-order chi connectivity index (χ1) is 16.2. The van der Waals surface area contributed by atoms with Gasteiger partial charge in [-0.25, -0.2) is 9.97 Å². The van der Waals surface area contributed by atoms with Crippen LogP contribution in [0.4, 0.5) is 11.6 Å². The average Bonchev–Trinajstić information content (AvgIpc) is 3.42. The van der Waals surface area contributed by atoms with Gasteiger partial charge in [-0.15, -0.1) is 0 Å². The number of aliphatic hydroxyl groups excluding tert-OH is 1. The second kappa shape index (κ2) is 7.66. The van der Waals surface area contributed by atoms with Crippen molar-refractivity contribution >= 4 is 56.8 Å². The summed E-state index contributed by atoms with van der Waals surface area (Å²) in [6.07, 6.45) is 0.967. The first-order valence-electron chi connectivity index (χ1n) is 10.9. The molecule has 1 aliphatic carbocycles. The summed E-state index contributed by atoms with van der Waals surface area (Å²) in [5.41, 5.74) is 12.7. The molecule has 3 aromatic heterocycles. The minimum Gasteiger partial charge on any atom is -0.385 e. The molecule has 5 atom stereocenters. The van der Waals surface area contributed by atoms with Crippen molar-refractivity contribution in [2.24, 2.45) is 5.92 Å². The molecule has 6 rings (SSSR count). The third kappa shape index (κ3) is 3.23. The topological polar surface area (TPSA) is 145 Å². The zero-order valence-corrected chi connectivity index (χ0v) is 19.4. The maximum atomic E-state index is 11.4. The van der Waals surface area contributed by atoms with Gasteiger partial charge in [-0.2, -0.15) is 4.98 Å². The molecule has 1 aromatic carbocycles. The third-order valence-corrected chi connectivity index (χ3v) is 7.59. The number of nitrogen functional groups attached to an aromatic ring is 2. The van der Waals surface area contributed by atoms with Crippen LogP contribution in [0.3, 0.4) is 0 Å². The number of hydrogen-bond donors (Lipinski definition) is 4. The zero-order chi connectivity index (χ0) is 23.8. The number of pyridine rings is 1. The Kier molecular flexibility index (Phi) is 4.91. The number of aromatic nitrogens is 4. The molecule has 2 fully saturated rings. The number of nitrogens with two attached hydrogens (primary N) is 2. The number of fused-ring (bicyclic) bond motifs is 3. The van der Waals surface area contributed by atoms with Gasteiger partial charge in [0.05, 0.1) is 22.0 Å². The molecule has 1 saturated carbocycles. The summed E-state index contributed by atoms with van der Waals surface area (Å²) in [5.74, 6) is 0.525. The molecule has 0 bridgehead atoms. The van der Waals surface area contributed by atoms with Crippen molar-refractivity contribution in [1.29, 1.82) is 0 Å². The van der Waals surface area contributed by atoms with Crippen LogP contribution >= 0.6 is 23.2 Å². The van der Waals surface area contributed by atoms with Gasteiger partial charge in [0.25, 0.3) is 0 Å². The molecule has 4 aromatic rings. The van der Waals surface area contributed by atoms with E-state index in [9.17, 15) is 10.2 Å². The molecule has 1 unspecified atom stereocenters. The minimum absolute atomic E-state index is 0.000979. The second-order valence-corrected chi connectivity index (χ2v) is 9.85. The smallest absolute Gasteiger partial charge is 0.226 e. The average molecular weight is 501 g/mol. The van der Waals surface area contributed by atoms with E-state index in [2.05, 4.69) is 15.0 Å². The van der Waals surface area contributed by atoms with Crippen molar-refractivity contribution in [1.82, 2.24) is 19.5 Å². The summed E-state index contributed by atoms with van der Waals surface area (Å²) in [6, 6.07) is 9.48. The summed E-state index contributed by atoms with van der Waals surface area (Å²) in [6.45, 7) is 0. The van der Waals surface area contributed by atoms with Gasteiger partial charge in [0.15, 0.2) is 6.23 Å². The first kappa shape index (κ1) is 21.8. The lowest BCUT2D eigenvalue weighted by molar-refractivity contribution is -0.0675. The van der Waals surface area contributed by atoms with E-state index < -0.39 is 24.0 Å². The molecule has 0 amide bonds. The Labute approximate surface area is 204 Å². The van der Waals surface area contributed by atoms with Crippen LogP contribution in [0.15, 0.2) is 36.5 Å².